The van der Waals surface area contributed by atoms with Crippen LogP contribution in [0.1, 0.15) is 25.8 Å². The van der Waals surface area contributed by atoms with Crippen molar-refractivity contribution in [2.24, 2.45) is 5.92 Å². The molecule has 17 heavy (non-hydrogen) atoms. The molecule has 3 heteroatoms. The van der Waals surface area contributed by atoms with Crippen molar-refractivity contribution in [1.29, 1.82) is 0 Å². The van der Waals surface area contributed by atoms with Crippen molar-refractivity contribution in [1.82, 2.24) is 0 Å². The molecule has 0 atom stereocenters. The summed E-state index contributed by atoms with van der Waals surface area (Å²) in [5.74, 6) is 3.92. The maximum Gasteiger partial charge on any atom is 0.124 e. The molecule has 1 aromatic carbocycles. The number of ether oxygens (including phenoxy) is 1. The summed E-state index contributed by atoms with van der Waals surface area (Å²) in [5.41, 5.74) is 0.863. The Bertz CT molecular complexity index is 313. The highest BCUT2D eigenvalue weighted by atomic mass is 32.2. The van der Waals surface area contributed by atoms with Crippen molar-refractivity contribution in [3.8, 4) is 5.75 Å². The minimum Gasteiger partial charge on any atom is -0.493 e. The van der Waals surface area contributed by atoms with Crippen LogP contribution in [0.15, 0.2) is 24.3 Å². The van der Waals surface area contributed by atoms with Crippen LogP contribution in [0.2, 0.25) is 0 Å². The summed E-state index contributed by atoms with van der Waals surface area (Å²) in [6, 6.07) is 7.65. The molecule has 1 N–H and O–H groups in total. The van der Waals surface area contributed by atoms with E-state index in [1.807, 2.05) is 36.0 Å². The fourth-order valence-corrected chi connectivity index (χ4v) is 2.40. The van der Waals surface area contributed by atoms with E-state index in [1.165, 1.54) is 5.75 Å². The largest absolute Gasteiger partial charge is 0.493 e. The van der Waals surface area contributed by atoms with Gasteiger partial charge in [0.25, 0.3) is 0 Å². The molecule has 0 radical (unpaired) electrons. The van der Waals surface area contributed by atoms with Crippen LogP contribution in [0.5, 0.6) is 5.75 Å². The third-order valence-electron chi connectivity index (χ3n) is 2.28. The maximum atomic E-state index is 9.14. The Kier molecular flexibility index (Phi) is 7.13. The number of hydrogen-bond acceptors (Lipinski definition) is 3. The minimum atomic E-state index is 0.0400. The molecule has 1 rings (SSSR count). The zero-order valence-corrected chi connectivity index (χ0v) is 11.5. The molecule has 1 aromatic rings. The molecule has 0 saturated heterocycles. The molecule has 96 valence electrons. The Labute approximate surface area is 108 Å². The second-order valence-corrected chi connectivity index (χ2v) is 5.59. The highest BCUT2D eigenvalue weighted by molar-refractivity contribution is 7.99. The topological polar surface area (TPSA) is 29.5 Å². The molecular formula is C14H22O2S. The highest BCUT2D eigenvalue weighted by Gasteiger charge is 2.01. The highest BCUT2D eigenvalue weighted by Crippen LogP contribution is 2.18. The van der Waals surface area contributed by atoms with Gasteiger partial charge in [0.05, 0.1) is 13.2 Å². The Balaban J connectivity index is 2.17. The van der Waals surface area contributed by atoms with Gasteiger partial charge in [-0.2, -0.15) is 11.8 Å². The predicted octanol–water partition coefficient (Wildman–Crippen LogP) is 3.34. The number of rotatable bonds is 8. The zero-order chi connectivity index (χ0) is 12.5. The second kappa shape index (κ2) is 8.43. The molecule has 0 aliphatic heterocycles. The third kappa shape index (κ3) is 5.99. The van der Waals surface area contributed by atoms with Gasteiger partial charge in [0.15, 0.2) is 0 Å². The van der Waals surface area contributed by atoms with Gasteiger partial charge >= 0.3 is 0 Å². The van der Waals surface area contributed by atoms with Gasteiger partial charge in [-0.25, -0.2) is 0 Å². The molecule has 2 nitrogen and oxygen atoms in total. The van der Waals surface area contributed by atoms with Crippen molar-refractivity contribution in [2.45, 2.75) is 26.9 Å². The van der Waals surface area contributed by atoms with Gasteiger partial charge in [-0.3, -0.25) is 0 Å². The summed E-state index contributed by atoms with van der Waals surface area (Å²) < 4.78 is 5.66. The van der Waals surface area contributed by atoms with E-state index in [1.54, 1.807) is 0 Å². The van der Waals surface area contributed by atoms with Crippen molar-refractivity contribution in [2.75, 3.05) is 18.1 Å². The lowest BCUT2D eigenvalue weighted by Crippen LogP contribution is -2.02. The first kappa shape index (κ1) is 14.4. The number of benzene rings is 1. The minimum absolute atomic E-state index is 0.0400. The standard InChI is InChI=1S/C14H22O2S/c1-12(2)11-17-9-5-8-16-14-7-4-3-6-13(14)10-15/h3-4,6-7,12,15H,5,8-11H2,1-2H3. The summed E-state index contributed by atoms with van der Waals surface area (Å²) in [6.07, 6.45) is 1.05. The van der Waals surface area contributed by atoms with E-state index >= 15 is 0 Å². The molecular weight excluding hydrogens is 232 g/mol. The van der Waals surface area contributed by atoms with E-state index in [9.17, 15) is 0 Å². The average Bonchev–Trinajstić information content (AvgIpc) is 2.33. The Morgan fingerprint density at radius 1 is 1.29 bits per heavy atom. The second-order valence-electron chi connectivity index (χ2n) is 4.44. The smallest absolute Gasteiger partial charge is 0.124 e. The molecule has 0 heterocycles. The van der Waals surface area contributed by atoms with Gasteiger partial charge in [0.1, 0.15) is 5.75 Å². The van der Waals surface area contributed by atoms with E-state index in [0.29, 0.717) is 0 Å². The van der Waals surface area contributed by atoms with Gasteiger partial charge in [0.2, 0.25) is 0 Å². The Hall–Kier alpha value is -0.670. The predicted molar refractivity (Wildman–Crippen MR) is 74.6 cm³/mol. The quantitative estimate of drug-likeness (QED) is 0.722. The van der Waals surface area contributed by atoms with Crippen LogP contribution in [-0.4, -0.2) is 23.2 Å². The molecule has 0 saturated carbocycles. The molecule has 0 amide bonds. The molecule has 0 aliphatic carbocycles. The molecule has 0 spiro atoms. The van der Waals surface area contributed by atoms with E-state index in [2.05, 4.69) is 13.8 Å². The van der Waals surface area contributed by atoms with Crippen molar-refractivity contribution in [3.05, 3.63) is 29.8 Å². The lowest BCUT2D eigenvalue weighted by Gasteiger charge is -2.10. The first-order valence-electron chi connectivity index (χ1n) is 6.13. The van der Waals surface area contributed by atoms with Gasteiger partial charge in [-0.1, -0.05) is 32.0 Å². The van der Waals surface area contributed by atoms with Crippen molar-refractivity contribution in [3.63, 3.8) is 0 Å². The summed E-state index contributed by atoms with van der Waals surface area (Å²) in [7, 11) is 0. The zero-order valence-electron chi connectivity index (χ0n) is 10.7. The van der Waals surface area contributed by atoms with Crippen molar-refractivity contribution < 1.29 is 9.84 Å². The number of para-hydroxylation sites is 1. The third-order valence-corrected chi connectivity index (χ3v) is 3.76. The molecule has 0 bridgehead atoms. The fraction of sp³-hybridized carbons (Fsp3) is 0.571. The summed E-state index contributed by atoms with van der Waals surface area (Å²) in [4.78, 5) is 0. The van der Waals surface area contributed by atoms with Crippen LogP contribution in [0, 0.1) is 5.92 Å². The number of hydrogen-bond donors (Lipinski definition) is 1. The van der Waals surface area contributed by atoms with Crippen LogP contribution >= 0.6 is 11.8 Å². The van der Waals surface area contributed by atoms with Gasteiger partial charge in [-0.15, -0.1) is 0 Å². The van der Waals surface area contributed by atoms with Crippen LogP contribution in [0.3, 0.4) is 0 Å². The monoisotopic (exact) mass is 254 g/mol. The van der Waals surface area contributed by atoms with Crippen LogP contribution in [0.4, 0.5) is 0 Å². The number of aliphatic hydroxyl groups excluding tert-OH is 1. The van der Waals surface area contributed by atoms with E-state index in [4.69, 9.17) is 9.84 Å². The molecule has 0 aliphatic rings. The summed E-state index contributed by atoms with van der Waals surface area (Å²) >= 11 is 1.98. The SMILES string of the molecule is CC(C)CSCCCOc1ccccc1CO. The Morgan fingerprint density at radius 3 is 2.76 bits per heavy atom. The number of aliphatic hydroxyl groups is 1. The van der Waals surface area contributed by atoms with Gasteiger partial charge in [-0.05, 0) is 29.9 Å². The lowest BCUT2D eigenvalue weighted by molar-refractivity contribution is 0.263. The maximum absolute atomic E-state index is 9.14. The van der Waals surface area contributed by atoms with Crippen LogP contribution in [0.25, 0.3) is 0 Å². The van der Waals surface area contributed by atoms with E-state index in [0.717, 1.165) is 36.0 Å². The van der Waals surface area contributed by atoms with Gasteiger partial charge in [0, 0.05) is 5.56 Å². The first-order valence-corrected chi connectivity index (χ1v) is 7.28. The number of thioether (sulfide) groups is 1. The van der Waals surface area contributed by atoms with E-state index < -0.39 is 0 Å². The first-order chi connectivity index (χ1) is 8.24. The normalized spacial score (nSPS) is 10.8. The van der Waals surface area contributed by atoms with Crippen molar-refractivity contribution >= 4 is 11.8 Å². The van der Waals surface area contributed by atoms with E-state index in [-0.39, 0.29) is 6.61 Å². The molecule has 0 aromatic heterocycles. The molecule has 0 fully saturated rings. The van der Waals surface area contributed by atoms with Crippen LogP contribution < -0.4 is 4.74 Å². The molecule has 0 unspecified atom stereocenters. The fourth-order valence-electron chi connectivity index (χ4n) is 1.44. The average molecular weight is 254 g/mol. The van der Waals surface area contributed by atoms with Crippen LogP contribution in [-0.2, 0) is 6.61 Å². The Morgan fingerprint density at radius 2 is 2.06 bits per heavy atom. The summed E-state index contributed by atoms with van der Waals surface area (Å²) in [6.45, 7) is 5.24. The van der Waals surface area contributed by atoms with Gasteiger partial charge < -0.3 is 9.84 Å². The lowest BCUT2D eigenvalue weighted by atomic mass is 10.2. The summed E-state index contributed by atoms with van der Waals surface area (Å²) in [5, 5.41) is 9.14.